The standard InChI is InChI=1S/C10H16N4O2/c15-9(8-6-13-10(16)14-8)12-5-3-7-2-1-4-11-7/h6-7,11H,1-5H2,(H,12,15)(H2,13,14,16)/t7-/m1/s1. The molecule has 0 aliphatic carbocycles. The first kappa shape index (κ1) is 10.9. The lowest BCUT2D eigenvalue weighted by atomic mass is 10.1. The second-order valence-corrected chi connectivity index (χ2v) is 3.99. The molecule has 16 heavy (non-hydrogen) atoms. The van der Waals surface area contributed by atoms with Gasteiger partial charge in [0.05, 0.1) is 0 Å². The average molecular weight is 224 g/mol. The minimum Gasteiger partial charge on any atom is -0.351 e. The third-order valence-corrected chi connectivity index (χ3v) is 2.78. The molecule has 1 amide bonds. The summed E-state index contributed by atoms with van der Waals surface area (Å²) in [6.45, 7) is 1.70. The van der Waals surface area contributed by atoms with E-state index < -0.39 is 0 Å². The van der Waals surface area contributed by atoms with E-state index in [2.05, 4.69) is 20.6 Å². The number of H-pyrrole nitrogens is 2. The van der Waals surface area contributed by atoms with Crippen molar-refractivity contribution in [2.75, 3.05) is 13.1 Å². The van der Waals surface area contributed by atoms with Crippen LogP contribution in [0.4, 0.5) is 0 Å². The van der Waals surface area contributed by atoms with Crippen LogP contribution in [0.5, 0.6) is 0 Å². The van der Waals surface area contributed by atoms with Crippen LogP contribution in [0.1, 0.15) is 29.8 Å². The van der Waals surface area contributed by atoms with Gasteiger partial charge in [-0.25, -0.2) is 4.79 Å². The average Bonchev–Trinajstić information content (AvgIpc) is 2.89. The van der Waals surface area contributed by atoms with Gasteiger partial charge in [0.1, 0.15) is 5.69 Å². The molecule has 2 rings (SSSR count). The predicted octanol–water partition coefficient (Wildman–Crippen LogP) is -0.425. The Balaban J connectivity index is 1.73. The minimum absolute atomic E-state index is 0.239. The number of aromatic amines is 2. The van der Waals surface area contributed by atoms with Crippen LogP contribution in [0, 0.1) is 0 Å². The summed E-state index contributed by atoms with van der Waals surface area (Å²) >= 11 is 0. The molecule has 4 N–H and O–H groups in total. The Morgan fingerprint density at radius 3 is 3.06 bits per heavy atom. The third-order valence-electron chi connectivity index (χ3n) is 2.78. The number of nitrogens with one attached hydrogen (secondary N) is 4. The molecule has 6 nitrogen and oxygen atoms in total. The summed E-state index contributed by atoms with van der Waals surface area (Å²) in [4.78, 5) is 27.1. The molecule has 0 unspecified atom stereocenters. The maximum atomic E-state index is 11.5. The first-order valence-corrected chi connectivity index (χ1v) is 5.55. The van der Waals surface area contributed by atoms with Crippen LogP contribution in [0.25, 0.3) is 0 Å². The Hall–Kier alpha value is -1.56. The fourth-order valence-corrected chi connectivity index (χ4v) is 1.91. The monoisotopic (exact) mass is 224 g/mol. The molecule has 1 aromatic rings. The topological polar surface area (TPSA) is 89.8 Å². The van der Waals surface area contributed by atoms with Crippen molar-refractivity contribution in [3.05, 3.63) is 22.4 Å². The Bertz CT molecular complexity index is 403. The lowest BCUT2D eigenvalue weighted by molar-refractivity contribution is 0.0947. The van der Waals surface area contributed by atoms with Crippen molar-refractivity contribution in [1.82, 2.24) is 20.6 Å². The maximum absolute atomic E-state index is 11.5. The number of amides is 1. The fraction of sp³-hybridized carbons (Fsp3) is 0.600. The number of aromatic nitrogens is 2. The number of hydrogen-bond donors (Lipinski definition) is 4. The minimum atomic E-state index is -0.359. The highest BCUT2D eigenvalue weighted by Crippen LogP contribution is 2.07. The van der Waals surface area contributed by atoms with Crippen LogP contribution in [-0.2, 0) is 0 Å². The van der Waals surface area contributed by atoms with Gasteiger partial charge in [-0.1, -0.05) is 0 Å². The number of rotatable bonds is 4. The van der Waals surface area contributed by atoms with E-state index in [1.54, 1.807) is 0 Å². The van der Waals surface area contributed by atoms with E-state index in [1.165, 1.54) is 19.0 Å². The van der Waals surface area contributed by atoms with Gasteiger partial charge in [-0.3, -0.25) is 4.79 Å². The van der Waals surface area contributed by atoms with Crippen LogP contribution >= 0.6 is 0 Å². The molecule has 1 aliphatic heterocycles. The number of imidazole rings is 1. The van der Waals surface area contributed by atoms with E-state index in [0.29, 0.717) is 12.6 Å². The van der Waals surface area contributed by atoms with Gasteiger partial charge in [0.25, 0.3) is 5.91 Å². The molecule has 1 fully saturated rings. The molecule has 6 heteroatoms. The van der Waals surface area contributed by atoms with Crippen molar-refractivity contribution < 1.29 is 4.79 Å². The van der Waals surface area contributed by atoms with Crippen molar-refractivity contribution in [2.45, 2.75) is 25.3 Å². The molecule has 0 aromatic carbocycles. The van der Waals surface area contributed by atoms with Crippen LogP contribution < -0.4 is 16.3 Å². The van der Waals surface area contributed by atoms with Gasteiger partial charge in [0, 0.05) is 18.8 Å². The zero-order valence-electron chi connectivity index (χ0n) is 9.01. The summed E-state index contributed by atoms with van der Waals surface area (Å²) in [5.41, 5.74) is -0.0769. The smallest absolute Gasteiger partial charge is 0.323 e. The molecule has 0 saturated carbocycles. The highest BCUT2D eigenvalue weighted by atomic mass is 16.2. The van der Waals surface area contributed by atoms with Crippen LogP contribution in [0.2, 0.25) is 0 Å². The molecule has 1 saturated heterocycles. The largest absolute Gasteiger partial charge is 0.351 e. The summed E-state index contributed by atoms with van der Waals surface area (Å²) in [5, 5.41) is 6.13. The van der Waals surface area contributed by atoms with Crippen molar-refractivity contribution in [2.24, 2.45) is 0 Å². The Morgan fingerprint density at radius 1 is 1.56 bits per heavy atom. The first-order valence-electron chi connectivity index (χ1n) is 5.55. The number of carbonyl (C=O) groups excluding carboxylic acids is 1. The molecule has 0 radical (unpaired) electrons. The zero-order valence-corrected chi connectivity index (χ0v) is 9.01. The van der Waals surface area contributed by atoms with Gasteiger partial charge in [-0.05, 0) is 25.8 Å². The Labute approximate surface area is 92.8 Å². The highest BCUT2D eigenvalue weighted by Gasteiger charge is 2.14. The van der Waals surface area contributed by atoms with Gasteiger partial charge in [0.15, 0.2) is 0 Å². The summed E-state index contributed by atoms with van der Waals surface area (Å²) in [6, 6.07) is 0.519. The molecule has 0 bridgehead atoms. The molecular formula is C10H16N4O2. The zero-order chi connectivity index (χ0) is 11.4. The normalized spacial score (nSPS) is 19.9. The molecular weight excluding hydrogens is 208 g/mol. The summed E-state index contributed by atoms with van der Waals surface area (Å²) < 4.78 is 0. The van der Waals surface area contributed by atoms with Crippen molar-refractivity contribution in [3.63, 3.8) is 0 Å². The quantitative estimate of drug-likeness (QED) is 0.559. The lowest BCUT2D eigenvalue weighted by Crippen LogP contribution is -2.30. The third kappa shape index (κ3) is 2.73. The van der Waals surface area contributed by atoms with E-state index in [1.807, 2.05) is 0 Å². The van der Waals surface area contributed by atoms with Gasteiger partial charge < -0.3 is 20.6 Å². The van der Waals surface area contributed by atoms with E-state index in [4.69, 9.17) is 0 Å². The molecule has 88 valence electrons. The van der Waals surface area contributed by atoms with Gasteiger partial charge in [-0.15, -0.1) is 0 Å². The van der Waals surface area contributed by atoms with E-state index in [0.717, 1.165) is 13.0 Å². The van der Waals surface area contributed by atoms with Gasteiger partial charge in [0.2, 0.25) is 0 Å². The maximum Gasteiger partial charge on any atom is 0.323 e. The van der Waals surface area contributed by atoms with Crippen molar-refractivity contribution in [3.8, 4) is 0 Å². The number of hydrogen-bond acceptors (Lipinski definition) is 3. The summed E-state index contributed by atoms with van der Waals surface area (Å²) in [5.74, 6) is -0.239. The van der Waals surface area contributed by atoms with Gasteiger partial charge >= 0.3 is 5.69 Å². The van der Waals surface area contributed by atoms with Crippen LogP contribution in [0.15, 0.2) is 11.0 Å². The van der Waals surface area contributed by atoms with Crippen molar-refractivity contribution >= 4 is 5.91 Å². The fourth-order valence-electron chi connectivity index (χ4n) is 1.91. The van der Waals surface area contributed by atoms with Crippen molar-refractivity contribution in [1.29, 1.82) is 0 Å². The molecule has 1 aliphatic rings. The molecule has 0 spiro atoms. The highest BCUT2D eigenvalue weighted by molar-refractivity contribution is 5.91. The Kier molecular flexibility index (Phi) is 3.40. The van der Waals surface area contributed by atoms with E-state index in [-0.39, 0.29) is 17.3 Å². The van der Waals surface area contributed by atoms with Crippen LogP contribution in [0.3, 0.4) is 0 Å². The molecule has 1 atom stereocenters. The Morgan fingerprint density at radius 2 is 2.44 bits per heavy atom. The number of carbonyl (C=O) groups is 1. The SMILES string of the molecule is O=C(NCC[C@H]1CCCN1)c1c[nH]c(=O)[nH]1. The van der Waals surface area contributed by atoms with E-state index >= 15 is 0 Å². The van der Waals surface area contributed by atoms with E-state index in [9.17, 15) is 9.59 Å². The van der Waals surface area contributed by atoms with Gasteiger partial charge in [-0.2, -0.15) is 0 Å². The first-order chi connectivity index (χ1) is 7.75. The van der Waals surface area contributed by atoms with Crippen LogP contribution in [-0.4, -0.2) is 35.0 Å². The summed E-state index contributed by atoms with van der Waals surface area (Å²) in [6.07, 6.45) is 4.70. The second-order valence-electron chi connectivity index (χ2n) is 3.99. The summed E-state index contributed by atoms with van der Waals surface area (Å²) in [7, 11) is 0. The molecule has 1 aromatic heterocycles. The lowest BCUT2D eigenvalue weighted by Gasteiger charge is -2.09. The predicted molar refractivity (Wildman–Crippen MR) is 59.4 cm³/mol. The second kappa shape index (κ2) is 4.98. The molecule has 2 heterocycles.